The SMILES string of the molecule is COc1ccc([N+](=O)[O-])cc1C(=O)N/N=C\c1cc(Br)c(OCc2ccccc2)c(OC)c1. The molecule has 170 valence electrons. The number of ether oxygens (including phenoxy) is 3. The summed E-state index contributed by atoms with van der Waals surface area (Å²) in [4.78, 5) is 22.9. The number of hydrogen-bond donors (Lipinski definition) is 1. The third kappa shape index (κ3) is 6.07. The second-order valence-corrected chi connectivity index (χ2v) is 7.50. The van der Waals surface area contributed by atoms with Crippen molar-refractivity contribution in [3.8, 4) is 17.2 Å². The second kappa shape index (κ2) is 11.1. The summed E-state index contributed by atoms with van der Waals surface area (Å²) < 4.78 is 17.1. The molecule has 0 aliphatic carbocycles. The maximum Gasteiger partial charge on any atom is 0.275 e. The molecular weight excluding hydrogens is 494 g/mol. The smallest absolute Gasteiger partial charge is 0.275 e. The van der Waals surface area contributed by atoms with Crippen LogP contribution in [-0.2, 0) is 6.61 Å². The molecule has 0 aromatic heterocycles. The highest BCUT2D eigenvalue weighted by molar-refractivity contribution is 9.10. The predicted molar refractivity (Wildman–Crippen MR) is 126 cm³/mol. The molecule has 0 atom stereocenters. The van der Waals surface area contributed by atoms with Crippen molar-refractivity contribution < 1.29 is 23.9 Å². The average molecular weight is 514 g/mol. The Morgan fingerprint density at radius 1 is 1.09 bits per heavy atom. The molecule has 0 aliphatic heterocycles. The van der Waals surface area contributed by atoms with Crippen molar-refractivity contribution in [3.05, 3.63) is 91.9 Å². The normalized spacial score (nSPS) is 10.6. The number of nitro groups is 1. The topological polar surface area (TPSA) is 112 Å². The van der Waals surface area contributed by atoms with E-state index in [9.17, 15) is 14.9 Å². The summed E-state index contributed by atoms with van der Waals surface area (Å²) in [6.07, 6.45) is 1.41. The van der Waals surface area contributed by atoms with Gasteiger partial charge in [0.1, 0.15) is 12.4 Å². The Hall–Kier alpha value is -3.92. The zero-order chi connectivity index (χ0) is 23.8. The van der Waals surface area contributed by atoms with Gasteiger partial charge in [-0.3, -0.25) is 14.9 Å². The Kier molecular flexibility index (Phi) is 7.98. The number of hydrogen-bond acceptors (Lipinski definition) is 7. The fourth-order valence-corrected chi connectivity index (χ4v) is 3.47. The molecule has 0 fully saturated rings. The third-order valence-electron chi connectivity index (χ3n) is 4.50. The maximum atomic E-state index is 12.5. The van der Waals surface area contributed by atoms with Crippen molar-refractivity contribution in [2.45, 2.75) is 6.61 Å². The Bertz CT molecular complexity index is 1180. The van der Waals surface area contributed by atoms with Gasteiger partial charge in [0.2, 0.25) is 0 Å². The van der Waals surface area contributed by atoms with Crippen molar-refractivity contribution in [1.29, 1.82) is 0 Å². The van der Waals surface area contributed by atoms with E-state index < -0.39 is 10.8 Å². The molecule has 3 aromatic rings. The van der Waals surface area contributed by atoms with Gasteiger partial charge in [0.15, 0.2) is 11.5 Å². The summed E-state index contributed by atoms with van der Waals surface area (Å²) in [5.41, 5.74) is 3.74. The molecule has 9 nitrogen and oxygen atoms in total. The number of nitro benzene ring substituents is 1. The standard InChI is InChI=1S/C23H20BrN3O6/c1-31-20-9-8-17(27(29)30)12-18(20)23(28)26-25-13-16-10-19(24)22(21(11-16)32-2)33-14-15-6-4-3-5-7-15/h3-13H,14H2,1-2H3,(H,26,28)/b25-13-. The van der Waals surface area contributed by atoms with Crippen LogP contribution in [0, 0.1) is 10.1 Å². The van der Waals surface area contributed by atoms with E-state index in [4.69, 9.17) is 14.2 Å². The van der Waals surface area contributed by atoms with E-state index in [2.05, 4.69) is 26.5 Å². The van der Waals surface area contributed by atoms with Gasteiger partial charge in [0.25, 0.3) is 11.6 Å². The van der Waals surface area contributed by atoms with E-state index in [1.54, 1.807) is 12.1 Å². The number of non-ortho nitro benzene ring substituents is 1. The van der Waals surface area contributed by atoms with Crippen LogP contribution < -0.4 is 19.6 Å². The van der Waals surface area contributed by atoms with Crippen molar-refractivity contribution in [2.24, 2.45) is 5.10 Å². The van der Waals surface area contributed by atoms with Gasteiger partial charge in [-0.25, -0.2) is 5.43 Å². The maximum absolute atomic E-state index is 12.5. The Balaban J connectivity index is 1.73. The van der Waals surface area contributed by atoms with Gasteiger partial charge in [-0.1, -0.05) is 30.3 Å². The summed E-state index contributed by atoms with van der Waals surface area (Å²) in [5.74, 6) is 0.551. The summed E-state index contributed by atoms with van der Waals surface area (Å²) >= 11 is 3.48. The Morgan fingerprint density at radius 3 is 2.48 bits per heavy atom. The van der Waals surface area contributed by atoms with Crippen LogP contribution in [0.3, 0.4) is 0 Å². The highest BCUT2D eigenvalue weighted by Crippen LogP contribution is 2.36. The van der Waals surface area contributed by atoms with Gasteiger partial charge >= 0.3 is 0 Å². The molecule has 0 aliphatic rings. The number of hydrazone groups is 1. The van der Waals surface area contributed by atoms with E-state index in [1.807, 2.05) is 30.3 Å². The molecule has 0 radical (unpaired) electrons. The number of carbonyl (C=O) groups excluding carboxylic acids is 1. The van der Waals surface area contributed by atoms with Gasteiger partial charge in [0.05, 0.1) is 35.4 Å². The average Bonchev–Trinajstić information content (AvgIpc) is 2.83. The minimum atomic E-state index is -0.652. The number of nitrogens with one attached hydrogen (secondary N) is 1. The van der Waals surface area contributed by atoms with Crippen molar-refractivity contribution in [1.82, 2.24) is 5.43 Å². The highest BCUT2D eigenvalue weighted by atomic mass is 79.9. The molecule has 0 spiro atoms. The van der Waals surface area contributed by atoms with Crippen molar-refractivity contribution >= 4 is 33.7 Å². The number of rotatable bonds is 9. The van der Waals surface area contributed by atoms with Crippen molar-refractivity contribution in [2.75, 3.05) is 14.2 Å². The first-order valence-electron chi connectivity index (χ1n) is 9.63. The monoisotopic (exact) mass is 513 g/mol. The number of halogens is 1. The molecule has 0 unspecified atom stereocenters. The fourth-order valence-electron chi connectivity index (χ4n) is 2.90. The first-order chi connectivity index (χ1) is 15.9. The van der Waals surface area contributed by atoms with Crippen LogP contribution in [0.4, 0.5) is 5.69 Å². The number of benzene rings is 3. The Morgan fingerprint density at radius 2 is 1.82 bits per heavy atom. The van der Waals surface area contributed by atoms with Crippen LogP contribution in [0.2, 0.25) is 0 Å². The molecule has 3 aromatic carbocycles. The van der Waals surface area contributed by atoms with Crippen LogP contribution >= 0.6 is 15.9 Å². The van der Waals surface area contributed by atoms with Crippen LogP contribution in [0.5, 0.6) is 17.2 Å². The van der Waals surface area contributed by atoms with Crippen LogP contribution in [0.1, 0.15) is 21.5 Å². The molecular formula is C23H20BrN3O6. The largest absolute Gasteiger partial charge is 0.496 e. The van der Waals surface area contributed by atoms with Gasteiger partial charge in [-0.2, -0.15) is 5.10 Å². The van der Waals surface area contributed by atoms with E-state index in [0.29, 0.717) is 28.1 Å². The van der Waals surface area contributed by atoms with Gasteiger partial charge in [-0.15, -0.1) is 0 Å². The fraction of sp³-hybridized carbons (Fsp3) is 0.130. The number of amides is 1. The van der Waals surface area contributed by atoms with E-state index >= 15 is 0 Å². The zero-order valence-corrected chi connectivity index (χ0v) is 19.4. The quantitative estimate of drug-likeness (QED) is 0.251. The summed E-state index contributed by atoms with van der Waals surface area (Å²) in [6.45, 7) is 0.365. The molecule has 0 heterocycles. The lowest BCUT2D eigenvalue weighted by Crippen LogP contribution is -2.18. The minimum absolute atomic E-state index is 0.00716. The summed E-state index contributed by atoms with van der Waals surface area (Å²) in [6, 6.07) is 16.9. The first-order valence-corrected chi connectivity index (χ1v) is 10.4. The molecule has 0 bridgehead atoms. The second-order valence-electron chi connectivity index (χ2n) is 6.65. The molecule has 1 N–H and O–H groups in total. The lowest BCUT2D eigenvalue weighted by atomic mass is 10.1. The third-order valence-corrected chi connectivity index (χ3v) is 5.09. The van der Waals surface area contributed by atoms with Crippen molar-refractivity contribution in [3.63, 3.8) is 0 Å². The van der Waals surface area contributed by atoms with Gasteiger partial charge in [-0.05, 0) is 45.3 Å². The highest BCUT2D eigenvalue weighted by Gasteiger charge is 2.17. The van der Waals surface area contributed by atoms with Gasteiger partial charge < -0.3 is 14.2 Å². The number of methoxy groups -OCH3 is 2. The number of nitrogens with zero attached hydrogens (tertiary/aromatic N) is 2. The van der Waals surface area contributed by atoms with Gasteiger partial charge in [0, 0.05) is 12.1 Å². The zero-order valence-electron chi connectivity index (χ0n) is 17.8. The van der Waals surface area contributed by atoms with E-state index in [0.717, 1.165) is 11.6 Å². The molecule has 33 heavy (non-hydrogen) atoms. The lowest BCUT2D eigenvalue weighted by Gasteiger charge is -2.13. The van der Waals surface area contributed by atoms with Crippen LogP contribution in [-0.4, -0.2) is 31.3 Å². The first kappa shape index (κ1) is 23.7. The van der Waals surface area contributed by atoms with E-state index in [1.165, 1.54) is 32.6 Å². The minimum Gasteiger partial charge on any atom is -0.496 e. The lowest BCUT2D eigenvalue weighted by molar-refractivity contribution is -0.384. The molecule has 10 heteroatoms. The van der Waals surface area contributed by atoms with E-state index in [-0.39, 0.29) is 17.0 Å². The summed E-state index contributed by atoms with van der Waals surface area (Å²) in [5, 5.41) is 14.9. The van der Waals surface area contributed by atoms with Crippen LogP contribution in [0.15, 0.2) is 70.2 Å². The Labute approximate surface area is 198 Å². The van der Waals surface area contributed by atoms with Crippen LogP contribution in [0.25, 0.3) is 0 Å². The summed E-state index contributed by atoms with van der Waals surface area (Å²) in [7, 11) is 2.89. The molecule has 0 saturated carbocycles. The predicted octanol–water partition coefficient (Wildman–Crippen LogP) is 4.72. The molecule has 3 rings (SSSR count). The molecule has 0 saturated heterocycles. The molecule has 1 amide bonds. The number of carbonyl (C=O) groups is 1.